The Morgan fingerprint density at radius 3 is 2.81 bits per heavy atom. The van der Waals surface area contributed by atoms with Crippen molar-refractivity contribution in [2.45, 2.75) is 43.2 Å². The van der Waals surface area contributed by atoms with Gasteiger partial charge >= 0.3 is 5.97 Å². The van der Waals surface area contributed by atoms with Crippen molar-refractivity contribution in [2.75, 3.05) is 5.75 Å². The minimum atomic E-state index is -0.930. The van der Waals surface area contributed by atoms with Crippen molar-refractivity contribution < 1.29 is 15.0 Å². The summed E-state index contributed by atoms with van der Waals surface area (Å²) >= 11 is 2.67. The fraction of sp³-hybridized carbons (Fsp3) is 0.500. The number of carbonyl (C=O) groups is 1. The Balaban J connectivity index is 1.93. The Labute approximate surface area is 130 Å². The number of carboxylic acid groups (broad SMARTS) is 1. The summed E-state index contributed by atoms with van der Waals surface area (Å²) in [4.78, 5) is 20.7. The van der Waals surface area contributed by atoms with E-state index in [2.05, 4.69) is 9.97 Å². The normalized spacial score (nSPS) is 17.4. The zero-order valence-electron chi connectivity index (χ0n) is 11.6. The summed E-state index contributed by atoms with van der Waals surface area (Å²) in [5.74, 6) is -0.336. The van der Waals surface area contributed by atoms with E-state index in [0.717, 1.165) is 36.1 Å². The number of hydrogen-bond donors (Lipinski definition) is 2. The van der Waals surface area contributed by atoms with Crippen LogP contribution in [-0.2, 0) is 0 Å². The van der Waals surface area contributed by atoms with E-state index in [1.165, 1.54) is 29.4 Å². The molecule has 0 bridgehead atoms. The van der Waals surface area contributed by atoms with Crippen LogP contribution in [0, 0.1) is 6.92 Å². The van der Waals surface area contributed by atoms with Crippen molar-refractivity contribution in [3.05, 3.63) is 16.8 Å². The predicted octanol–water partition coefficient (Wildman–Crippen LogP) is 3.10. The van der Waals surface area contributed by atoms with Crippen molar-refractivity contribution in [2.24, 2.45) is 0 Å². The number of hydrogen-bond acceptors (Lipinski definition) is 6. The van der Waals surface area contributed by atoms with Crippen LogP contribution in [0.15, 0.2) is 11.4 Å². The minimum absolute atomic E-state index is 0.312. The van der Waals surface area contributed by atoms with Crippen LogP contribution in [0.5, 0.6) is 0 Å². The number of aryl methyl sites for hydroxylation is 1. The molecule has 112 valence electrons. The highest BCUT2D eigenvalue weighted by Crippen LogP contribution is 2.38. The summed E-state index contributed by atoms with van der Waals surface area (Å²) in [6, 6.07) is 0. The molecule has 1 saturated carbocycles. The molecule has 0 aliphatic heterocycles. The van der Waals surface area contributed by atoms with Gasteiger partial charge in [0.05, 0.1) is 5.60 Å². The van der Waals surface area contributed by atoms with Gasteiger partial charge in [0.1, 0.15) is 21.1 Å². The molecular formula is C14H16N2O3S2. The lowest BCUT2D eigenvalue weighted by Gasteiger charge is -2.21. The lowest BCUT2D eigenvalue weighted by molar-refractivity contribution is 0.0699. The quantitative estimate of drug-likeness (QED) is 0.664. The van der Waals surface area contributed by atoms with Gasteiger partial charge in [0.25, 0.3) is 0 Å². The number of nitrogens with zero attached hydrogens (tertiary/aromatic N) is 2. The molecule has 0 unspecified atom stereocenters. The van der Waals surface area contributed by atoms with Gasteiger partial charge in [0.15, 0.2) is 0 Å². The molecule has 0 amide bonds. The Hall–Kier alpha value is -1.18. The predicted molar refractivity (Wildman–Crippen MR) is 83.3 cm³/mol. The average Bonchev–Trinajstić information content (AvgIpc) is 3.02. The van der Waals surface area contributed by atoms with Crippen molar-refractivity contribution in [1.82, 2.24) is 9.97 Å². The third-order valence-electron chi connectivity index (χ3n) is 3.90. The molecule has 0 aromatic carbocycles. The number of fused-ring (bicyclic) bond motifs is 1. The first-order chi connectivity index (χ1) is 10.0. The molecule has 2 heterocycles. The van der Waals surface area contributed by atoms with E-state index in [-0.39, 0.29) is 0 Å². The molecule has 1 aliphatic rings. The van der Waals surface area contributed by atoms with Crippen LogP contribution in [0.2, 0.25) is 0 Å². The molecule has 1 aliphatic carbocycles. The molecule has 2 aromatic rings. The molecule has 0 saturated heterocycles. The van der Waals surface area contributed by atoms with Gasteiger partial charge in [-0.15, -0.1) is 23.1 Å². The molecule has 0 atom stereocenters. The minimum Gasteiger partial charge on any atom is -0.477 e. The summed E-state index contributed by atoms with van der Waals surface area (Å²) in [7, 11) is 0. The van der Waals surface area contributed by atoms with Crippen molar-refractivity contribution >= 4 is 39.3 Å². The van der Waals surface area contributed by atoms with Crippen LogP contribution < -0.4 is 0 Å². The summed E-state index contributed by atoms with van der Waals surface area (Å²) < 4.78 is 0. The van der Waals surface area contributed by atoms with E-state index < -0.39 is 11.6 Å². The molecule has 7 heteroatoms. The standard InChI is InChI=1S/C14H16N2O3S2/c1-8-9-11(20-6-14(19)4-2-3-5-14)15-7-16-12(9)21-10(8)13(17)18/h7,19H,2-6H2,1H3,(H,17,18). The van der Waals surface area contributed by atoms with Crippen LogP contribution in [0.4, 0.5) is 0 Å². The van der Waals surface area contributed by atoms with Gasteiger partial charge in [0.2, 0.25) is 0 Å². The summed E-state index contributed by atoms with van der Waals surface area (Å²) in [5.41, 5.74) is 0.102. The first-order valence-corrected chi connectivity index (χ1v) is 8.63. The van der Waals surface area contributed by atoms with Gasteiger partial charge in [0, 0.05) is 11.1 Å². The van der Waals surface area contributed by atoms with Crippen LogP contribution in [0.1, 0.15) is 40.9 Å². The lowest BCUT2D eigenvalue weighted by Crippen LogP contribution is -2.27. The molecular weight excluding hydrogens is 308 g/mol. The maximum Gasteiger partial charge on any atom is 0.346 e. The Bertz CT molecular complexity index is 693. The van der Waals surface area contributed by atoms with Gasteiger partial charge in [-0.2, -0.15) is 0 Å². The van der Waals surface area contributed by atoms with Crippen molar-refractivity contribution in [1.29, 1.82) is 0 Å². The Morgan fingerprint density at radius 1 is 1.43 bits per heavy atom. The highest BCUT2D eigenvalue weighted by atomic mass is 32.2. The number of thioether (sulfide) groups is 1. The zero-order valence-corrected chi connectivity index (χ0v) is 13.3. The number of aromatic carboxylic acids is 1. The van der Waals surface area contributed by atoms with Gasteiger partial charge in [-0.05, 0) is 25.3 Å². The fourth-order valence-electron chi connectivity index (χ4n) is 2.73. The molecule has 1 fully saturated rings. The largest absolute Gasteiger partial charge is 0.477 e. The molecule has 5 nitrogen and oxygen atoms in total. The highest BCUT2D eigenvalue weighted by Gasteiger charge is 2.31. The van der Waals surface area contributed by atoms with E-state index in [9.17, 15) is 15.0 Å². The Kier molecular flexibility index (Phi) is 3.90. The van der Waals surface area contributed by atoms with Crippen LogP contribution in [0.25, 0.3) is 10.2 Å². The van der Waals surface area contributed by atoms with E-state index in [1.807, 2.05) is 0 Å². The second-order valence-electron chi connectivity index (χ2n) is 5.44. The number of rotatable bonds is 4. The van der Waals surface area contributed by atoms with Gasteiger partial charge in [-0.3, -0.25) is 0 Å². The van der Waals surface area contributed by atoms with Gasteiger partial charge < -0.3 is 10.2 Å². The molecule has 2 N–H and O–H groups in total. The maximum absolute atomic E-state index is 11.2. The molecule has 2 aromatic heterocycles. The highest BCUT2D eigenvalue weighted by molar-refractivity contribution is 7.99. The number of aliphatic hydroxyl groups is 1. The van der Waals surface area contributed by atoms with Gasteiger partial charge in [-0.25, -0.2) is 14.8 Å². The molecule has 3 rings (SSSR count). The maximum atomic E-state index is 11.2. The van der Waals surface area contributed by atoms with E-state index in [0.29, 0.717) is 21.0 Å². The van der Waals surface area contributed by atoms with Crippen LogP contribution >= 0.6 is 23.1 Å². The van der Waals surface area contributed by atoms with Crippen molar-refractivity contribution in [3.63, 3.8) is 0 Å². The fourth-order valence-corrected chi connectivity index (χ4v) is 4.99. The second-order valence-corrected chi connectivity index (χ2v) is 7.40. The number of aromatic nitrogens is 2. The summed E-state index contributed by atoms with van der Waals surface area (Å²) in [6.07, 6.45) is 5.26. The lowest BCUT2D eigenvalue weighted by atomic mass is 10.1. The number of thiophene rings is 1. The smallest absolute Gasteiger partial charge is 0.346 e. The van der Waals surface area contributed by atoms with E-state index in [4.69, 9.17) is 0 Å². The monoisotopic (exact) mass is 324 g/mol. The molecule has 0 spiro atoms. The van der Waals surface area contributed by atoms with E-state index in [1.54, 1.807) is 6.92 Å². The summed E-state index contributed by atoms with van der Waals surface area (Å²) in [6.45, 7) is 1.79. The SMILES string of the molecule is Cc1c(C(=O)O)sc2ncnc(SCC3(O)CCCC3)c12. The van der Waals surface area contributed by atoms with Crippen molar-refractivity contribution in [3.8, 4) is 0 Å². The first-order valence-electron chi connectivity index (χ1n) is 6.83. The molecule has 0 radical (unpaired) electrons. The Morgan fingerprint density at radius 2 is 2.14 bits per heavy atom. The van der Waals surface area contributed by atoms with Crippen LogP contribution in [0.3, 0.4) is 0 Å². The van der Waals surface area contributed by atoms with Gasteiger partial charge in [-0.1, -0.05) is 12.8 Å². The summed E-state index contributed by atoms with van der Waals surface area (Å²) in [5, 5.41) is 21.2. The third kappa shape index (κ3) is 2.77. The third-order valence-corrected chi connectivity index (χ3v) is 6.35. The van der Waals surface area contributed by atoms with Crippen LogP contribution in [-0.4, -0.2) is 37.5 Å². The van der Waals surface area contributed by atoms with E-state index >= 15 is 0 Å². The zero-order chi connectivity index (χ0) is 15.0. The average molecular weight is 324 g/mol. The topological polar surface area (TPSA) is 83.3 Å². The number of carboxylic acids is 1. The molecule has 21 heavy (non-hydrogen) atoms. The first kappa shape index (κ1) is 14.7. The second kappa shape index (κ2) is 5.55.